The van der Waals surface area contributed by atoms with Crippen molar-refractivity contribution >= 4 is 5.97 Å². The van der Waals surface area contributed by atoms with E-state index in [1.165, 1.54) is 32.6 Å². The molecule has 0 heterocycles. The van der Waals surface area contributed by atoms with Crippen molar-refractivity contribution in [2.24, 2.45) is 0 Å². The maximum atomic E-state index is 10.5. The first-order chi connectivity index (χ1) is 10.3. The van der Waals surface area contributed by atoms with Crippen LogP contribution in [-0.2, 0) is 9.53 Å². The van der Waals surface area contributed by atoms with Crippen molar-refractivity contribution in [1.29, 1.82) is 0 Å². The van der Waals surface area contributed by atoms with Crippen molar-refractivity contribution in [3.05, 3.63) is 36.5 Å². The number of carbonyl (C=O) groups is 1. The van der Waals surface area contributed by atoms with E-state index in [2.05, 4.69) is 36.7 Å². The molecule has 0 aliphatic carbocycles. The maximum Gasteiger partial charge on any atom is 0.302 e. The molecule has 0 aliphatic heterocycles. The second-order valence-corrected chi connectivity index (χ2v) is 4.38. The first-order valence-corrected chi connectivity index (χ1v) is 7.38. The zero-order valence-electron chi connectivity index (χ0n) is 13.0. The van der Waals surface area contributed by atoms with E-state index in [-0.39, 0.29) is 12.6 Å². The second-order valence-electron chi connectivity index (χ2n) is 4.38. The Morgan fingerprint density at radius 1 is 1.00 bits per heavy atom. The molecule has 0 saturated heterocycles. The average Bonchev–Trinajstić information content (AvgIpc) is 2.46. The van der Waals surface area contributed by atoms with Crippen LogP contribution in [0.5, 0.6) is 0 Å². The summed E-state index contributed by atoms with van der Waals surface area (Å²) < 4.78 is 4.71. The topological polar surface area (TPSA) is 26.3 Å². The quantitative estimate of drug-likeness (QED) is 0.289. The van der Waals surface area contributed by atoms with Crippen molar-refractivity contribution in [3.8, 4) is 23.7 Å². The van der Waals surface area contributed by atoms with Gasteiger partial charge in [0, 0.05) is 6.92 Å². The highest BCUT2D eigenvalue weighted by atomic mass is 16.5. The highest BCUT2D eigenvalue weighted by Crippen LogP contribution is 2.02. The largest absolute Gasteiger partial charge is 0.462 e. The Balaban J connectivity index is 3.70. The van der Waals surface area contributed by atoms with Gasteiger partial charge in [0.05, 0.1) is 0 Å². The summed E-state index contributed by atoms with van der Waals surface area (Å²) in [5, 5.41) is 0. The van der Waals surface area contributed by atoms with Gasteiger partial charge in [-0.25, -0.2) is 0 Å². The van der Waals surface area contributed by atoms with Crippen LogP contribution in [0.1, 0.15) is 46.0 Å². The number of hydrogen-bond donors (Lipinski definition) is 0. The Kier molecular flexibility index (Phi) is 14.2. The molecule has 0 atom stereocenters. The third-order valence-electron chi connectivity index (χ3n) is 2.44. The third kappa shape index (κ3) is 17.8. The molecule has 0 saturated carbocycles. The molecule has 0 radical (unpaired) electrons. The lowest BCUT2D eigenvalue weighted by molar-refractivity contribution is -0.139. The van der Waals surface area contributed by atoms with Crippen LogP contribution in [0.15, 0.2) is 36.5 Å². The molecule has 0 N–H and O–H groups in total. The van der Waals surface area contributed by atoms with Crippen molar-refractivity contribution in [2.45, 2.75) is 46.0 Å². The summed E-state index contributed by atoms with van der Waals surface area (Å²) in [5.41, 5.74) is 0. The van der Waals surface area contributed by atoms with Crippen molar-refractivity contribution in [1.82, 2.24) is 0 Å². The smallest absolute Gasteiger partial charge is 0.302 e. The van der Waals surface area contributed by atoms with Gasteiger partial charge in [-0.05, 0) is 42.9 Å². The monoisotopic (exact) mass is 284 g/mol. The zero-order valence-corrected chi connectivity index (χ0v) is 13.0. The van der Waals surface area contributed by atoms with Crippen molar-refractivity contribution in [3.63, 3.8) is 0 Å². The van der Waals surface area contributed by atoms with Crippen LogP contribution in [0.2, 0.25) is 0 Å². The number of ether oxygens (including phenoxy) is 1. The molecule has 0 aromatic carbocycles. The summed E-state index contributed by atoms with van der Waals surface area (Å²) in [7, 11) is 0. The summed E-state index contributed by atoms with van der Waals surface area (Å²) in [6, 6.07) is 0. The normalized spacial score (nSPS) is 10.4. The van der Waals surface area contributed by atoms with Crippen molar-refractivity contribution in [2.75, 3.05) is 6.61 Å². The SMILES string of the molecule is CCCCCC/C=C/C=C/C#CC#C/C=C/COC(C)=O. The van der Waals surface area contributed by atoms with Gasteiger partial charge in [-0.1, -0.05) is 56.3 Å². The summed E-state index contributed by atoms with van der Waals surface area (Å²) in [6.07, 6.45) is 17.5. The highest BCUT2D eigenvalue weighted by Gasteiger charge is 1.85. The molecule has 0 aromatic heterocycles. The summed E-state index contributed by atoms with van der Waals surface area (Å²) in [5.74, 6) is 10.7. The molecule has 0 aromatic rings. The lowest BCUT2D eigenvalue weighted by Crippen LogP contribution is -1.96. The minimum absolute atomic E-state index is 0.250. The Morgan fingerprint density at radius 2 is 1.76 bits per heavy atom. The van der Waals surface area contributed by atoms with Crippen LogP contribution < -0.4 is 0 Å². The fourth-order valence-electron chi connectivity index (χ4n) is 1.40. The van der Waals surface area contributed by atoms with E-state index >= 15 is 0 Å². The van der Waals surface area contributed by atoms with Crippen LogP contribution in [0.4, 0.5) is 0 Å². The number of rotatable bonds is 8. The van der Waals surface area contributed by atoms with Gasteiger partial charge in [0.2, 0.25) is 0 Å². The van der Waals surface area contributed by atoms with Crippen LogP contribution in [0.25, 0.3) is 0 Å². The van der Waals surface area contributed by atoms with E-state index in [4.69, 9.17) is 4.74 Å². The molecule has 0 aliphatic rings. The Bertz CT molecular complexity index is 473. The molecular weight excluding hydrogens is 260 g/mol. The third-order valence-corrected chi connectivity index (χ3v) is 2.44. The first kappa shape index (κ1) is 18.8. The van der Waals surface area contributed by atoms with E-state index in [1.807, 2.05) is 12.2 Å². The van der Waals surface area contributed by atoms with E-state index in [0.29, 0.717) is 0 Å². The lowest BCUT2D eigenvalue weighted by atomic mass is 10.1. The number of esters is 1. The second kappa shape index (κ2) is 15.9. The van der Waals surface area contributed by atoms with Crippen LogP contribution in [-0.4, -0.2) is 12.6 Å². The zero-order chi connectivity index (χ0) is 15.6. The van der Waals surface area contributed by atoms with E-state index in [1.54, 1.807) is 18.2 Å². The summed E-state index contributed by atoms with van der Waals surface area (Å²) in [6.45, 7) is 3.84. The Labute approximate surface area is 129 Å². The van der Waals surface area contributed by atoms with E-state index < -0.39 is 0 Å². The number of hydrogen-bond acceptors (Lipinski definition) is 2. The standard InChI is InChI=1S/C19H24O2/c1-3-4-5-6-7-8-9-10-11-12-13-14-15-16-17-18-21-19(2)20/h8-11,16-17H,3-7,18H2,1-2H3/b9-8+,11-10+,17-16+. The Hall–Kier alpha value is -2.19. The molecule has 2 heteroatoms. The van der Waals surface area contributed by atoms with E-state index in [9.17, 15) is 4.79 Å². The van der Waals surface area contributed by atoms with Crippen LogP contribution in [0, 0.1) is 23.7 Å². The Morgan fingerprint density at radius 3 is 2.48 bits per heavy atom. The first-order valence-electron chi connectivity index (χ1n) is 7.38. The molecule has 2 nitrogen and oxygen atoms in total. The van der Waals surface area contributed by atoms with Gasteiger partial charge < -0.3 is 4.74 Å². The summed E-state index contributed by atoms with van der Waals surface area (Å²) >= 11 is 0. The number of allylic oxidation sites excluding steroid dienone is 5. The fourth-order valence-corrected chi connectivity index (χ4v) is 1.40. The van der Waals surface area contributed by atoms with E-state index in [0.717, 1.165) is 6.42 Å². The van der Waals surface area contributed by atoms with Gasteiger partial charge >= 0.3 is 5.97 Å². The molecule has 112 valence electrons. The molecule has 0 unspecified atom stereocenters. The number of unbranched alkanes of at least 4 members (excludes halogenated alkanes) is 4. The molecule has 21 heavy (non-hydrogen) atoms. The molecule has 0 spiro atoms. The summed E-state index contributed by atoms with van der Waals surface area (Å²) in [4.78, 5) is 10.5. The molecule has 0 rings (SSSR count). The van der Waals surface area contributed by atoms with Gasteiger partial charge in [-0.3, -0.25) is 4.79 Å². The van der Waals surface area contributed by atoms with Crippen LogP contribution in [0.3, 0.4) is 0 Å². The maximum absolute atomic E-state index is 10.5. The van der Waals surface area contributed by atoms with Gasteiger partial charge in [0.15, 0.2) is 0 Å². The van der Waals surface area contributed by atoms with Gasteiger partial charge in [0.25, 0.3) is 0 Å². The molecule has 0 amide bonds. The van der Waals surface area contributed by atoms with Crippen molar-refractivity contribution < 1.29 is 9.53 Å². The minimum atomic E-state index is -0.295. The van der Waals surface area contributed by atoms with Crippen LogP contribution >= 0.6 is 0 Å². The average molecular weight is 284 g/mol. The highest BCUT2D eigenvalue weighted by molar-refractivity contribution is 5.66. The molecular formula is C19H24O2. The molecule has 0 fully saturated rings. The van der Waals surface area contributed by atoms with Gasteiger partial charge in [0.1, 0.15) is 6.61 Å². The fraction of sp³-hybridized carbons (Fsp3) is 0.421. The van der Waals surface area contributed by atoms with Gasteiger partial charge in [-0.2, -0.15) is 0 Å². The molecule has 0 bridgehead atoms. The predicted molar refractivity (Wildman–Crippen MR) is 88.4 cm³/mol. The lowest BCUT2D eigenvalue weighted by Gasteiger charge is -1.92. The predicted octanol–water partition coefficient (Wildman–Crippen LogP) is 4.20. The number of carbonyl (C=O) groups excluding carboxylic acids is 1. The minimum Gasteiger partial charge on any atom is -0.462 e. The van der Waals surface area contributed by atoms with Gasteiger partial charge in [-0.15, -0.1) is 0 Å².